The summed E-state index contributed by atoms with van der Waals surface area (Å²) in [5.74, 6) is -1.74. The average molecular weight is 539 g/mol. The number of carboxylic acid groups (broad SMARTS) is 1. The molecule has 4 aromatic rings. The van der Waals surface area contributed by atoms with Crippen molar-refractivity contribution < 1.29 is 19.5 Å². The Balaban J connectivity index is 1.44. The first-order valence-corrected chi connectivity index (χ1v) is 12.5. The Labute approximate surface area is 221 Å². The Morgan fingerprint density at radius 3 is 2.19 bits per heavy atom. The van der Waals surface area contributed by atoms with Crippen molar-refractivity contribution in [2.24, 2.45) is 0 Å². The highest BCUT2D eigenvalue weighted by atomic mass is 35.5. The summed E-state index contributed by atoms with van der Waals surface area (Å²) in [6.07, 6.45) is 0. The van der Waals surface area contributed by atoms with E-state index in [1.54, 1.807) is 79.7 Å². The molecular weight excluding hydrogens is 519 g/mol. The lowest BCUT2D eigenvalue weighted by Crippen LogP contribution is -2.22. The van der Waals surface area contributed by atoms with Crippen LogP contribution >= 0.6 is 35.0 Å². The molecule has 0 bridgehead atoms. The number of anilines is 2. The van der Waals surface area contributed by atoms with Crippen molar-refractivity contribution in [1.29, 1.82) is 0 Å². The standard InChI is InChI=1S/C27H20Cl2N2O4S/c1-15(25(32)31-23-14-17(28)8-13-22(23)29)36-19-11-9-18(10-12-19)30-26(33)20-6-2-4-16-5-3-7-21(24(16)20)27(34)35/h2-15H,1H3,(H,30,33)(H,31,32)(H,34,35). The Hall–Kier alpha value is -3.52. The van der Waals surface area contributed by atoms with Crippen LogP contribution < -0.4 is 10.6 Å². The van der Waals surface area contributed by atoms with Gasteiger partial charge in [0.2, 0.25) is 5.91 Å². The van der Waals surface area contributed by atoms with Crippen molar-refractivity contribution in [2.75, 3.05) is 10.6 Å². The summed E-state index contributed by atoms with van der Waals surface area (Å²) in [4.78, 5) is 38.1. The van der Waals surface area contributed by atoms with Crippen LogP contribution in [0.4, 0.5) is 11.4 Å². The van der Waals surface area contributed by atoms with Gasteiger partial charge in [-0.3, -0.25) is 9.59 Å². The third-order valence-electron chi connectivity index (χ3n) is 5.36. The molecule has 3 N–H and O–H groups in total. The van der Waals surface area contributed by atoms with Crippen LogP contribution in [0.3, 0.4) is 0 Å². The summed E-state index contributed by atoms with van der Waals surface area (Å²) in [6.45, 7) is 1.77. The van der Waals surface area contributed by atoms with E-state index in [1.165, 1.54) is 17.8 Å². The molecule has 9 heteroatoms. The molecule has 0 heterocycles. The number of fused-ring (bicyclic) bond motifs is 1. The molecule has 0 aliphatic rings. The number of halogens is 2. The van der Waals surface area contributed by atoms with Crippen molar-refractivity contribution in [2.45, 2.75) is 17.1 Å². The smallest absolute Gasteiger partial charge is 0.336 e. The monoisotopic (exact) mass is 538 g/mol. The second-order valence-corrected chi connectivity index (χ2v) is 10.1. The Morgan fingerprint density at radius 2 is 1.53 bits per heavy atom. The van der Waals surface area contributed by atoms with Gasteiger partial charge in [-0.25, -0.2) is 4.79 Å². The number of aromatic carboxylic acids is 1. The molecule has 0 aromatic heterocycles. The number of rotatable bonds is 7. The van der Waals surface area contributed by atoms with Crippen molar-refractivity contribution in [1.82, 2.24) is 0 Å². The lowest BCUT2D eigenvalue weighted by molar-refractivity contribution is -0.115. The number of carboxylic acids is 1. The fourth-order valence-corrected chi connectivity index (χ4v) is 4.81. The summed E-state index contributed by atoms with van der Waals surface area (Å²) in [6, 6.07) is 21.9. The van der Waals surface area contributed by atoms with E-state index >= 15 is 0 Å². The molecule has 0 aliphatic carbocycles. The fourth-order valence-electron chi connectivity index (χ4n) is 3.61. The third kappa shape index (κ3) is 5.82. The van der Waals surface area contributed by atoms with Gasteiger partial charge in [-0.1, -0.05) is 47.5 Å². The molecule has 4 aromatic carbocycles. The Morgan fingerprint density at radius 1 is 0.861 bits per heavy atom. The predicted octanol–water partition coefficient (Wildman–Crippen LogP) is 7.22. The quantitative estimate of drug-likeness (QED) is 0.216. The van der Waals surface area contributed by atoms with Crippen LogP contribution in [0.25, 0.3) is 10.8 Å². The highest BCUT2D eigenvalue weighted by molar-refractivity contribution is 8.00. The fraction of sp³-hybridized carbons (Fsp3) is 0.0741. The molecule has 4 rings (SSSR count). The van der Waals surface area contributed by atoms with Crippen LogP contribution in [0.2, 0.25) is 10.0 Å². The second-order valence-electron chi connectivity index (χ2n) is 7.87. The van der Waals surface area contributed by atoms with Crippen molar-refractivity contribution in [3.8, 4) is 0 Å². The topological polar surface area (TPSA) is 95.5 Å². The van der Waals surface area contributed by atoms with Crippen LogP contribution in [0, 0.1) is 0 Å². The van der Waals surface area contributed by atoms with Gasteiger partial charge in [0.15, 0.2) is 0 Å². The Bertz CT molecular complexity index is 1470. The van der Waals surface area contributed by atoms with Gasteiger partial charge in [0.05, 0.1) is 21.5 Å². The van der Waals surface area contributed by atoms with Gasteiger partial charge in [0.1, 0.15) is 0 Å². The van der Waals surface area contributed by atoms with Gasteiger partial charge >= 0.3 is 5.97 Å². The highest BCUT2D eigenvalue weighted by Crippen LogP contribution is 2.29. The number of benzene rings is 4. The zero-order valence-corrected chi connectivity index (χ0v) is 21.2. The van der Waals surface area contributed by atoms with Crippen LogP contribution in [-0.4, -0.2) is 28.1 Å². The molecule has 2 amide bonds. The number of hydrogen-bond donors (Lipinski definition) is 3. The summed E-state index contributed by atoms with van der Waals surface area (Å²) in [5, 5.41) is 16.6. The summed E-state index contributed by atoms with van der Waals surface area (Å²) in [7, 11) is 0. The summed E-state index contributed by atoms with van der Waals surface area (Å²) < 4.78 is 0. The van der Waals surface area contributed by atoms with Crippen LogP contribution in [0.5, 0.6) is 0 Å². The van der Waals surface area contributed by atoms with Crippen molar-refractivity contribution in [3.63, 3.8) is 0 Å². The van der Waals surface area contributed by atoms with Crippen molar-refractivity contribution in [3.05, 3.63) is 100 Å². The first-order valence-electron chi connectivity index (χ1n) is 10.8. The molecule has 36 heavy (non-hydrogen) atoms. The molecule has 0 aliphatic heterocycles. The van der Waals surface area contributed by atoms with E-state index in [0.717, 1.165) is 4.90 Å². The number of hydrogen-bond acceptors (Lipinski definition) is 4. The number of carbonyl (C=O) groups is 3. The predicted molar refractivity (Wildman–Crippen MR) is 146 cm³/mol. The van der Waals surface area contributed by atoms with E-state index in [9.17, 15) is 19.5 Å². The number of thioether (sulfide) groups is 1. The molecule has 6 nitrogen and oxygen atoms in total. The molecule has 1 unspecified atom stereocenters. The maximum Gasteiger partial charge on any atom is 0.336 e. The lowest BCUT2D eigenvalue weighted by atomic mass is 9.98. The number of carbonyl (C=O) groups excluding carboxylic acids is 2. The lowest BCUT2D eigenvalue weighted by Gasteiger charge is -2.14. The number of amides is 2. The maximum atomic E-state index is 13.0. The maximum absolute atomic E-state index is 13.0. The van der Waals surface area contributed by atoms with E-state index in [2.05, 4.69) is 10.6 Å². The van der Waals surface area contributed by atoms with E-state index < -0.39 is 17.1 Å². The molecule has 0 saturated carbocycles. The first-order chi connectivity index (χ1) is 17.2. The Kier molecular flexibility index (Phi) is 7.84. The average Bonchev–Trinajstić information content (AvgIpc) is 2.86. The molecule has 1 atom stereocenters. The van der Waals surface area contributed by atoms with Gasteiger partial charge in [0.25, 0.3) is 5.91 Å². The van der Waals surface area contributed by atoms with Crippen LogP contribution in [-0.2, 0) is 4.79 Å². The second kappa shape index (κ2) is 11.0. The molecule has 0 spiro atoms. The third-order valence-corrected chi connectivity index (χ3v) is 7.04. The minimum atomic E-state index is -1.10. The summed E-state index contributed by atoms with van der Waals surface area (Å²) in [5.41, 5.74) is 1.32. The summed E-state index contributed by atoms with van der Waals surface area (Å²) >= 11 is 13.4. The molecule has 0 fully saturated rings. The van der Waals surface area contributed by atoms with E-state index in [4.69, 9.17) is 23.2 Å². The van der Waals surface area contributed by atoms with Gasteiger partial charge in [0, 0.05) is 26.6 Å². The minimum absolute atomic E-state index is 0.0660. The molecule has 0 radical (unpaired) electrons. The van der Waals surface area contributed by atoms with E-state index in [0.29, 0.717) is 32.2 Å². The zero-order chi connectivity index (χ0) is 25.8. The highest BCUT2D eigenvalue weighted by Gasteiger charge is 2.18. The van der Waals surface area contributed by atoms with Gasteiger partial charge in [-0.15, -0.1) is 11.8 Å². The molecule has 0 saturated heterocycles. The largest absolute Gasteiger partial charge is 0.478 e. The van der Waals surface area contributed by atoms with E-state index in [1.807, 2.05) is 0 Å². The first kappa shape index (κ1) is 25.6. The van der Waals surface area contributed by atoms with Gasteiger partial charge in [-0.05, 0) is 66.9 Å². The normalized spacial score (nSPS) is 11.6. The van der Waals surface area contributed by atoms with Crippen molar-refractivity contribution >= 4 is 74.9 Å². The van der Waals surface area contributed by atoms with Gasteiger partial charge in [-0.2, -0.15) is 0 Å². The van der Waals surface area contributed by atoms with Crippen LogP contribution in [0.15, 0.2) is 83.8 Å². The van der Waals surface area contributed by atoms with Gasteiger partial charge < -0.3 is 15.7 Å². The minimum Gasteiger partial charge on any atom is -0.478 e. The SMILES string of the molecule is CC(Sc1ccc(NC(=O)c2cccc3cccc(C(=O)O)c23)cc1)C(=O)Nc1cc(Cl)ccc1Cl. The van der Waals surface area contributed by atoms with E-state index in [-0.39, 0.29) is 17.0 Å². The molecule has 182 valence electrons. The molecular formula is C27H20Cl2N2O4S. The zero-order valence-electron chi connectivity index (χ0n) is 18.9. The number of nitrogens with one attached hydrogen (secondary N) is 2. The van der Waals surface area contributed by atoms with Crippen LogP contribution in [0.1, 0.15) is 27.6 Å².